The van der Waals surface area contributed by atoms with E-state index in [9.17, 15) is 0 Å². The molecule has 0 bridgehead atoms. The molecule has 2 fully saturated rings. The van der Waals surface area contributed by atoms with Crippen LogP contribution in [0.4, 0.5) is 0 Å². The van der Waals surface area contributed by atoms with E-state index in [1.54, 1.807) is 0 Å². The highest BCUT2D eigenvalue weighted by Crippen LogP contribution is 2.09. The van der Waals surface area contributed by atoms with Crippen LogP contribution in [0.15, 0.2) is 4.99 Å². The molecule has 7 heteroatoms. The molecule has 0 aromatic heterocycles. The van der Waals surface area contributed by atoms with Crippen LogP contribution in [0.1, 0.15) is 6.92 Å². The van der Waals surface area contributed by atoms with Crippen LogP contribution < -0.4 is 5.73 Å². The minimum Gasteiger partial charge on any atom is -0.379 e. The first-order valence-electron chi connectivity index (χ1n) is 7.18. The Kier molecular flexibility index (Phi) is 9.23. The summed E-state index contributed by atoms with van der Waals surface area (Å²) in [5.74, 6) is 3.61. The van der Waals surface area contributed by atoms with Gasteiger partial charge in [0.2, 0.25) is 0 Å². The number of aliphatic imine (C=N–C) groups is 1. The third-order valence-electron chi connectivity index (χ3n) is 3.57. The third kappa shape index (κ3) is 6.36. The van der Waals surface area contributed by atoms with E-state index in [1.165, 1.54) is 11.5 Å². The van der Waals surface area contributed by atoms with E-state index in [0.29, 0.717) is 5.92 Å². The Hall–Kier alpha value is 0.270. The van der Waals surface area contributed by atoms with Crippen LogP contribution in [-0.2, 0) is 4.74 Å². The van der Waals surface area contributed by atoms with E-state index in [2.05, 4.69) is 21.7 Å². The van der Waals surface area contributed by atoms with E-state index in [-0.39, 0.29) is 24.0 Å². The third-order valence-corrected chi connectivity index (χ3v) is 4.52. The van der Waals surface area contributed by atoms with Gasteiger partial charge in [-0.25, -0.2) is 0 Å². The Bertz CT molecular complexity index is 294. The Morgan fingerprint density at radius 1 is 1.25 bits per heavy atom. The first-order chi connectivity index (χ1) is 9.25. The van der Waals surface area contributed by atoms with Gasteiger partial charge in [0, 0.05) is 50.8 Å². The number of nitrogens with zero attached hydrogens (tertiary/aromatic N) is 3. The Balaban J connectivity index is 0.00000200. The second-order valence-corrected chi connectivity index (χ2v) is 6.54. The summed E-state index contributed by atoms with van der Waals surface area (Å²) in [7, 11) is 0. The van der Waals surface area contributed by atoms with Crippen molar-refractivity contribution in [1.29, 1.82) is 0 Å². The summed E-state index contributed by atoms with van der Waals surface area (Å²) < 4.78 is 5.36. The lowest BCUT2D eigenvalue weighted by atomic mass is 10.1. The van der Waals surface area contributed by atoms with E-state index >= 15 is 0 Å². The van der Waals surface area contributed by atoms with Gasteiger partial charge in [0.1, 0.15) is 0 Å². The normalized spacial score (nSPS) is 23.2. The minimum atomic E-state index is 0. The maximum atomic E-state index is 6.06. The molecule has 0 aromatic carbocycles. The molecule has 0 spiro atoms. The van der Waals surface area contributed by atoms with Crippen LogP contribution in [0.5, 0.6) is 0 Å². The SMILES string of the molecule is CC(CN=C(N)N1CCSCC1)CN1CCOCC1.I. The van der Waals surface area contributed by atoms with Gasteiger partial charge in [0.15, 0.2) is 5.96 Å². The molecular weight excluding hydrogens is 387 g/mol. The molecule has 2 aliphatic heterocycles. The van der Waals surface area contributed by atoms with Gasteiger partial charge in [0.05, 0.1) is 13.2 Å². The van der Waals surface area contributed by atoms with Gasteiger partial charge in [-0.1, -0.05) is 6.92 Å². The summed E-state index contributed by atoms with van der Waals surface area (Å²) in [6, 6.07) is 0. The number of rotatable bonds is 4. The molecule has 2 rings (SSSR count). The van der Waals surface area contributed by atoms with Crippen molar-refractivity contribution in [3.8, 4) is 0 Å². The lowest BCUT2D eigenvalue weighted by Crippen LogP contribution is -2.43. The average molecular weight is 414 g/mol. The monoisotopic (exact) mass is 414 g/mol. The molecule has 2 saturated heterocycles. The molecule has 0 aliphatic carbocycles. The molecule has 2 heterocycles. The molecule has 20 heavy (non-hydrogen) atoms. The van der Waals surface area contributed by atoms with Gasteiger partial charge >= 0.3 is 0 Å². The number of hydrogen-bond donors (Lipinski definition) is 1. The molecule has 5 nitrogen and oxygen atoms in total. The van der Waals surface area contributed by atoms with E-state index < -0.39 is 0 Å². The molecule has 0 saturated carbocycles. The zero-order valence-corrected chi connectivity index (χ0v) is 15.4. The van der Waals surface area contributed by atoms with Crippen molar-refractivity contribution in [2.24, 2.45) is 16.6 Å². The van der Waals surface area contributed by atoms with Crippen molar-refractivity contribution < 1.29 is 4.74 Å². The molecule has 1 atom stereocenters. The fourth-order valence-electron chi connectivity index (χ4n) is 2.42. The summed E-state index contributed by atoms with van der Waals surface area (Å²) in [6.45, 7) is 10.1. The number of ether oxygens (including phenoxy) is 1. The largest absolute Gasteiger partial charge is 0.379 e. The summed E-state index contributed by atoms with van der Waals surface area (Å²) in [6.07, 6.45) is 0. The molecule has 2 aliphatic rings. The van der Waals surface area contributed by atoms with Crippen molar-refractivity contribution in [3.63, 3.8) is 0 Å². The van der Waals surface area contributed by atoms with Crippen molar-refractivity contribution in [2.45, 2.75) is 6.92 Å². The standard InChI is InChI=1S/C13H26N4OS.HI/c1-12(11-16-2-6-18-7-3-16)10-15-13(14)17-4-8-19-9-5-17;/h12H,2-11H2,1H3,(H2,14,15);1H. The van der Waals surface area contributed by atoms with Crippen molar-refractivity contribution in [3.05, 3.63) is 0 Å². The lowest BCUT2D eigenvalue weighted by molar-refractivity contribution is 0.0323. The lowest BCUT2D eigenvalue weighted by Gasteiger charge is -2.29. The van der Waals surface area contributed by atoms with Gasteiger partial charge in [-0.15, -0.1) is 24.0 Å². The van der Waals surface area contributed by atoms with E-state index in [0.717, 1.165) is 58.4 Å². The highest BCUT2D eigenvalue weighted by Gasteiger charge is 2.15. The average Bonchev–Trinajstić information content (AvgIpc) is 2.47. The summed E-state index contributed by atoms with van der Waals surface area (Å²) >= 11 is 1.99. The van der Waals surface area contributed by atoms with Gasteiger partial charge in [-0.2, -0.15) is 11.8 Å². The zero-order chi connectivity index (χ0) is 13.5. The number of halogens is 1. The Morgan fingerprint density at radius 3 is 2.55 bits per heavy atom. The van der Waals surface area contributed by atoms with Crippen LogP contribution in [0.2, 0.25) is 0 Å². The van der Waals surface area contributed by atoms with Crippen molar-refractivity contribution in [1.82, 2.24) is 9.80 Å². The number of nitrogens with two attached hydrogens (primary N) is 1. The Morgan fingerprint density at radius 2 is 1.90 bits per heavy atom. The second kappa shape index (κ2) is 10.1. The topological polar surface area (TPSA) is 54.1 Å². The van der Waals surface area contributed by atoms with Gasteiger partial charge in [0.25, 0.3) is 0 Å². The zero-order valence-electron chi connectivity index (χ0n) is 12.3. The smallest absolute Gasteiger partial charge is 0.191 e. The molecular formula is C13H27IN4OS. The summed E-state index contributed by atoms with van der Waals surface area (Å²) in [4.78, 5) is 9.23. The quantitative estimate of drug-likeness (QED) is 0.422. The fourth-order valence-corrected chi connectivity index (χ4v) is 3.33. The second-order valence-electron chi connectivity index (χ2n) is 5.32. The maximum absolute atomic E-state index is 6.06. The molecule has 1 unspecified atom stereocenters. The van der Waals surface area contributed by atoms with Gasteiger partial charge in [-0.3, -0.25) is 9.89 Å². The molecule has 0 radical (unpaired) electrons. The summed E-state index contributed by atoms with van der Waals surface area (Å²) in [5.41, 5.74) is 6.06. The number of hydrogen-bond acceptors (Lipinski definition) is 4. The first-order valence-corrected chi connectivity index (χ1v) is 8.34. The molecule has 118 valence electrons. The van der Waals surface area contributed by atoms with Crippen LogP contribution in [-0.4, -0.2) is 79.7 Å². The highest BCUT2D eigenvalue weighted by atomic mass is 127. The molecule has 0 aromatic rings. The van der Waals surface area contributed by atoms with Gasteiger partial charge < -0.3 is 15.4 Å². The fraction of sp³-hybridized carbons (Fsp3) is 0.923. The Labute approximate surface area is 143 Å². The molecule has 2 N–H and O–H groups in total. The van der Waals surface area contributed by atoms with Crippen LogP contribution in [0.25, 0.3) is 0 Å². The minimum absolute atomic E-state index is 0. The predicted molar refractivity (Wildman–Crippen MR) is 97.2 cm³/mol. The van der Waals surface area contributed by atoms with Crippen LogP contribution in [0, 0.1) is 5.92 Å². The van der Waals surface area contributed by atoms with E-state index in [4.69, 9.17) is 10.5 Å². The number of morpholine rings is 1. The highest BCUT2D eigenvalue weighted by molar-refractivity contribution is 14.0. The number of thioether (sulfide) groups is 1. The van der Waals surface area contributed by atoms with E-state index in [1.807, 2.05) is 11.8 Å². The maximum Gasteiger partial charge on any atom is 0.191 e. The first kappa shape index (κ1) is 18.3. The molecule has 0 amide bonds. The van der Waals surface area contributed by atoms with Crippen molar-refractivity contribution >= 4 is 41.7 Å². The predicted octanol–water partition coefficient (Wildman–Crippen LogP) is 0.936. The van der Waals surface area contributed by atoms with Crippen LogP contribution >= 0.6 is 35.7 Å². The number of guanidine groups is 1. The van der Waals surface area contributed by atoms with Gasteiger partial charge in [-0.05, 0) is 5.92 Å². The summed E-state index contributed by atoms with van der Waals surface area (Å²) in [5, 5.41) is 0. The van der Waals surface area contributed by atoms with Crippen LogP contribution in [0.3, 0.4) is 0 Å². The van der Waals surface area contributed by atoms with Crippen molar-refractivity contribution in [2.75, 3.05) is 64.0 Å².